The molecule has 0 radical (unpaired) electrons. The molecule has 2 N–H and O–H groups in total. The van der Waals surface area contributed by atoms with Crippen LogP contribution in [0.5, 0.6) is 11.5 Å². The number of H-pyrrole nitrogens is 1. The summed E-state index contributed by atoms with van der Waals surface area (Å²) >= 11 is 3.45. The minimum atomic E-state index is -0.426. The number of rotatable bonds is 9. The zero-order chi connectivity index (χ0) is 22.2. The molecule has 0 aliphatic carbocycles. The zero-order valence-corrected chi connectivity index (χ0v) is 18.7. The van der Waals surface area contributed by atoms with Crippen LogP contribution in [0.1, 0.15) is 11.1 Å². The number of nitriles is 1. The van der Waals surface area contributed by atoms with Crippen LogP contribution in [0.25, 0.3) is 17.0 Å². The van der Waals surface area contributed by atoms with Crippen LogP contribution in [0, 0.1) is 11.3 Å². The first-order chi connectivity index (χ1) is 15.1. The van der Waals surface area contributed by atoms with Crippen molar-refractivity contribution in [1.29, 1.82) is 5.26 Å². The predicted octanol–water partition coefficient (Wildman–Crippen LogP) is 4.77. The van der Waals surface area contributed by atoms with Gasteiger partial charge in [-0.15, -0.1) is 0 Å². The van der Waals surface area contributed by atoms with Crippen LogP contribution in [-0.4, -0.2) is 31.2 Å². The normalized spacial score (nSPS) is 11.1. The number of nitrogens with zero attached hydrogens (tertiary/aromatic N) is 1. The van der Waals surface area contributed by atoms with E-state index in [-0.39, 0.29) is 5.57 Å². The summed E-state index contributed by atoms with van der Waals surface area (Å²) in [5.41, 5.74) is 2.81. The molecule has 0 saturated carbocycles. The van der Waals surface area contributed by atoms with Gasteiger partial charge in [-0.05, 0) is 57.8 Å². The van der Waals surface area contributed by atoms with E-state index in [0.717, 1.165) is 16.5 Å². The number of carbonyl (C=O) groups excluding carboxylic acids is 1. The van der Waals surface area contributed by atoms with Crippen molar-refractivity contribution < 1.29 is 14.3 Å². The Morgan fingerprint density at radius 1 is 1.35 bits per heavy atom. The number of hydrogen-bond acceptors (Lipinski definition) is 4. The lowest BCUT2D eigenvalue weighted by Crippen LogP contribution is -2.26. The molecule has 31 heavy (non-hydrogen) atoms. The van der Waals surface area contributed by atoms with Crippen molar-refractivity contribution in [1.82, 2.24) is 10.3 Å². The van der Waals surface area contributed by atoms with Crippen LogP contribution >= 0.6 is 15.9 Å². The number of ether oxygens (including phenoxy) is 2. The number of carbonyl (C=O) groups is 1. The molecule has 1 amide bonds. The van der Waals surface area contributed by atoms with Crippen molar-refractivity contribution in [2.45, 2.75) is 6.42 Å². The molecule has 0 fully saturated rings. The number of para-hydroxylation sites is 1. The highest BCUT2D eigenvalue weighted by atomic mass is 79.9. The third kappa shape index (κ3) is 5.36. The molecule has 2 aromatic carbocycles. The molecular weight excluding hydrogens is 458 g/mol. The minimum absolute atomic E-state index is 0.00707. The predicted molar refractivity (Wildman–Crippen MR) is 125 cm³/mol. The van der Waals surface area contributed by atoms with Crippen molar-refractivity contribution >= 4 is 38.8 Å². The van der Waals surface area contributed by atoms with Crippen LogP contribution < -0.4 is 14.8 Å². The minimum Gasteiger partial charge on any atom is -0.493 e. The van der Waals surface area contributed by atoms with E-state index >= 15 is 0 Å². The van der Waals surface area contributed by atoms with Gasteiger partial charge in [0.2, 0.25) is 0 Å². The number of aromatic amines is 1. The van der Waals surface area contributed by atoms with Gasteiger partial charge in [0, 0.05) is 23.6 Å². The molecule has 0 atom stereocenters. The fourth-order valence-electron chi connectivity index (χ4n) is 3.17. The number of halogens is 1. The largest absolute Gasteiger partial charge is 0.493 e. The lowest BCUT2D eigenvalue weighted by atomic mass is 10.1. The maximum absolute atomic E-state index is 12.5. The van der Waals surface area contributed by atoms with Crippen LogP contribution in [0.3, 0.4) is 0 Å². The summed E-state index contributed by atoms with van der Waals surface area (Å²) in [6.45, 7) is 4.37. The molecule has 0 saturated heterocycles. The Morgan fingerprint density at radius 2 is 2.16 bits per heavy atom. The lowest BCUT2D eigenvalue weighted by Gasteiger charge is -2.12. The van der Waals surface area contributed by atoms with Gasteiger partial charge in [0.15, 0.2) is 11.5 Å². The van der Waals surface area contributed by atoms with Gasteiger partial charge in [-0.1, -0.05) is 30.9 Å². The molecule has 158 valence electrons. The highest BCUT2D eigenvalue weighted by Gasteiger charge is 2.14. The van der Waals surface area contributed by atoms with E-state index in [9.17, 15) is 10.1 Å². The number of aromatic nitrogens is 1. The van der Waals surface area contributed by atoms with E-state index in [2.05, 4.69) is 32.8 Å². The number of amides is 1. The van der Waals surface area contributed by atoms with Crippen molar-refractivity contribution in [2.24, 2.45) is 0 Å². The van der Waals surface area contributed by atoms with Crippen molar-refractivity contribution in [3.8, 4) is 17.6 Å². The van der Waals surface area contributed by atoms with Crippen LogP contribution in [0.15, 0.2) is 65.3 Å². The number of hydrogen-bond donors (Lipinski definition) is 2. The van der Waals surface area contributed by atoms with E-state index in [1.54, 1.807) is 18.2 Å². The second-order valence-electron chi connectivity index (χ2n) is 6.67. The Balaban J connectivity index is 1.70. The van der Waals surface area contributed by atoms with Crippen LogP contribution in [0.2, 0.25) is 0 Å². The fraction of sp³-hybridized carbons (Fsp3) is 0.167. The molecule has 3 aromatic rings. The van der Waals surface area contributed by atoms with E-state index < -0.39 is 5.91 Å². The maximum Gasteiger partial charge on any atom is 0.261 e. The zero-order valence-electron chi connectivity index (χ0n) is 17.1. The number of fused-ring (bicyclic) bond motifs is 1. The average Bonchev–Trinajstić information content (AvgIpc) is 3.19. The fourth-order valence-corrected chi connectivity index (χ4v) is 3.74. The summed E-state index contributed by atoms with van der Waals surface area (Å²) in [4.78, 5) is 15.7. The second kappa shape index (κ2) is 10.5. The topological polar surface area (TPSA) is 87.1 Å². The van der Waals surface area contributed by atoms with E-state index in [0.29, 0.717) is 41.1 Å². The summed E-state index contributed by atoms with van der Waals surface area (Å²) in [7, 11) is 1.53. The molecule has 3 rings (SSSR count). The molecule has 0 unspecified atom stereocenters. The summed E-state index contributed by atoms with van der Waals surface area (Å²) in [5.74, 6) is 0.588. The molecular formula is C24H22BrN3O3. The number of benzene rings is 2. The van der Waals surface area contributed by atoms with Gasteiger partial charge in [0.05, 0.1) is 11.6 Å². The van der Waals surface area contributed by atoms with Gasteiger partial charge in [-0.3, -0.25) is 4.79 Å². The Bertz CT molecular complexity index is 1170. The molecule has 0 bridgehead atoms. The van der Waals surface area contributed by atoms with Gasteiger partial charge in [-0.2, -0.15) is 5.26 Å². The Hall–Kier alpha value is -3.50. The Labute approximate surface area is 189 Å². The van der Waals surface area contributed by atoms with Gasteiger partial charge in [-0.25, -0.2) is 0 Å². The third-order valence-electron chi connectivity index (χ3n) is 4.63. The Kier molecular flexibility index (Phi) is 7.52. The summed E-state index contributed by atoms with van der Waals surface area (Å²) in [5, 5.41) is 13.4. The summed E-state index contributed by atoms with van der Waals surface area (Å²) in [6, 6.07) is 13.4. The first-order valence-electron chi connectivity index (χ1n) is 9.63. The Morgan fingerprint density at radius 3 is 2.90 bits per heavy atom. The molecule has 0 aliphatic heterocycles. The van der Waals surface area contributed by atoms with Crippen molar-refractivity contribution in [3.63, 3.8) is 0 Å². The second-order valence-corrected chi connectivity index (χ2v) is 7.52. The van der Waals surface area contributed by atoms with Gasteiger partial charge in [0.1, 0.15) is 18.2 Å². The first-order valence-corrected chi connectivity index (χ1v) is 10.4. The molecule has 0 aliphatic rings. The SMILES string of the molecule is C=CCOc1c(Br)cc(/C=C(/C#N)C(=O)NCCc2c[nH]c3ccccc23)cc1OC. The molecule has 1 aromatic heterocycles. The van der Waals surface area contributed by atoms with Crippen molar-refractivity contribution in [3.05, 3.63) is 76.4 Å². The molecule has 1 heterocycles. The number of nitrogens with one attached hydrogen (secondary N) is 2. The highest BCUT2D eigenvalue weighted by Crippen LogP contribution is 2.37. The van der Waals surface area contributed by atoms with Crippen molar-refractivity contribution in [2.75, 3.05) is 20.3 Å². The lowest BCUT2D eigenvalue weighted by molar-refractivity contribution is -0.117. The third-order valence-corrected chi connectivity index (χ3v) is 5.22. The maximum atomic E-state index is 12.5. The summed E-state index contributed by atoms with van der Waals surface area (Å²) in [6.07, 6.45) is 5.75. The quantitative estimate of drug-likeness (QED) is 0.263. The molecule has 0 spiro atoms. The molecule has 7 heteroatoms. The smallest absolute Gasteiger partial charge is 0.261 e. The van der Waals surface area contributed by atoms with Crippen LogP contribution in [0.4, 0.5) is 0 Å². The van der Waals surface area contributed by atoms with E-state index in [1.165, 1.54) is 13.2 Å². The number of methoxy groups -OCH3 is 1. The monoisotopic (exact) mass is 479 g/mol. The average molecular weight is 480 g/mol. The summed E-state index contributed by atoms with van der Waals surface area (Å²) < 4.78 is 11.6. The van der Waals surface area contributed by atoms with E-state index in [4.69, 9.17) is 9.47 Å². The van der Waals surface area contributed by atoms with Crippen LogP contribution in [-0.2, 0) is 11.2 Å². The first kappa shape index (κ1) is 22.2. The molecule has 6 nitrogen and oxygen atoms in total. The highest BCUT2D eigenvalue weighted by molar-refractivity contribution is 9.10. The van der Waals surface area contributed by atoms with Gasteiger partial charge < -0.3 is 19.8 Å². The van der Waals surface area contributed by atoms with E-state index in [1.807, 2.05) is 36.5 Å². The van der Waals surface area contributed by atoms with Gasteiger partial charge >= 0.3 is 0 Å². The standard InChI is InChI=1S/C24H22BrN3O3/c1-3-10-31-23-20(25)12-16(13-22(23)30-2)11-18(14-26)24(29)27-9-8-17-15-28-21-7-5-4-6-19(17)21/h3-7,11-13,15,28H,1,8-10H2,2H3,(H,27,29)/b18-11-. The van der Waals surface area contributed by atoms with Gasteiger partial charge in [0.25, 0.3) is 5.91 Å².